The van der Waals surface area contributed by atoms with Crippen molar-refractivity contribution in [2.45, 2.75) is 26.4 Å². The number of amides is 1. The predicted molar refractivity (Wildman–Crippen MR) is 75.6 cm³/mol. The molecule has 1 rings (SSSR count). The summed E-state index contributed by atoms with van der Waals surface area (Å²) < 4.78 is 10.5. The van der Waals surface area contributed by atoms with Gasteiger partial charge in [0.1, 0.15) is 5.75 Å². The van der Waals surface area contributed by atoms with E-state index >= 15 is 0 Å². The minimum atomic E-state index is -0.429. The van der Waals surface area contributed by atoms with Crippen molar-refractivity contribution >= 4 is 11.9 Å². The van der Waals surface area contributed by atoms with Gasteiger partial charge in [0.25, 0.3) is 5.91 Å². The first-order valence-corrected chi connectivity index (χ1v) is 6.50. The lowest BCUT2D eigenvalue weighted by molar-refractivity contribution is -0.150. The third kappa shape index (κ3) is 5.73. The Kier molecular flexibility index (Phi) is 6.03. The molecule has 0 heterocycles. The van der Waals surface area contributed by atoms with Crippen molar-refractivity contribution < 1.29 is 19.1 Å². The normalized spacial score (nSPS) is 10.2. The second-order valence-corrected chi connectivity index (χ2v) is 4.94. The second kappa shape index (κ2) is 7.53. The van der Waals surface area contributed by atoms with E-state index < -0.39 is 5.97 Å². The van der Waals surface area contributed by atoms with E-state index in [2.05, 4.69) is 0 Å². The average molecular weight is 279 g/mol. The summed E-state index contributed by atoms with van der Waals surface area (Å²) in [6, 6.07) is 7.28. The average Bonchev–Trinajstić information content (AvgIpc) is 2.35. The molecule has 0 saturated heterocycles. The van der Waals surface area contributed by atoms with Crippen LogP contribution in [-0.4, -0.2) is 43.6 Å². The van der Waals surface area contributed by atoms with Crippen LogP contribution < -0.4 is 4.74 Å². The standard InChI is InChI=1S/C15H21NO4/c1-11(2)20-13-7-5-6-12(8-13)9-15(18)19-10-14(17)16(3)4/h5-8,11H,9-10H2,1-4H3. The van der Waals surface area contributed by atoms with Crippen LogP contribution in [0, 0.1) is 0 Å². The number of rotatable bonds is 6. The molecule has 1 aromatic rings. The molecule has 20 heavy (non-hydrogen) atoms. The highest BCUT2D eigenvalue weighted by Gasteiger charge is 2.10. The van der Waals surface area contributed by atoms with Crippen LogP contribution in [0.2, 0.25) is 0 Å². The fourth-order valence-corrected chi connectivity index (χ4v) is 1.49. The zero-order valence-electron chi connectivity index (χ0n) is 12.4. The maximum Gasteiger partial charge on any atom is 0.310 e. The molecule has 0 bridgehead atoms. The number of hydrogen-bond donors (Lipinski definition) is 0. The van der Waals surface area contributed by atoms with Crippen LogP contribution in [0.1, 0.15) is 19.4 Å². The van der Waals surface area contributed by atoms with E-state index in [0.717, 1.165) is 11.3 Å². The maximum absolute atomic E-state index is 11.6. The van der Waals surface area contributed by atoms with Crippen LogP contribution in [0.5, 0.6) is 5.75 Å². The van der Waals surface area contributed by atoms with Crippen molar-refractivity contribution in [3.05, 3.63) is 29.8 Å². The van der Waals surface area contributed by atoms with Crippen LogP contribution in [-0.2, 0) is 20.7 Å². The Morgan fingerprint density at radius 2 is 1.95 bits per heavy atom. The molecule has 0 aliphatic rings. The minimum absolute atomic E-state index is 0.0786. The van der Waals surface area contributed by atoms with Gasteiger partial charge in [0.15, 0.2) is 6.61 Å². The quantitative estimate of drug-likeness (QED) is 0.743. The van der Waals surface area contributed by atoms with Gasteiger partial charge in [-0.15, -0.1) is 0 Å². The number of carbonyl (C=O) groups is 2. The van der Waals surface area contributed by atoms with E-state index in [4.69, 9.17) is 9.47 Å². The van der Waals surface area contributed by atoms with Gasteiger partial charge in [-0.1, -0.05) is 12.1 Å². The Morgan fingerprint density at radius 3 is 2.55 bits per heavy atom. The van der Waals surface area contributed by atoms with Gasteiger partial charge >= 0.3 is 5.97 Å². The summed E-state index contributed by atoms with van der Waals surface area (Å²) in [5.74, 6) is 0.0480. The Balaban J connectivity index is 2.51. The molecule has 1 amide bonds. The maximum atomic E-state index is 11.6. The van der Waals surface area contributed by atoms with Gasteiger partial charge in [-0.05, 0) is 31.5 Å². The van der Waals surface area contributed by atoms with Crippen molar-refractivity contribution in [1.29, 1.82) is 0 Å². The smallest absolute Gasteiger partial charge is 0.310 e. The first kappa shape index (κ1) is 16.0. The van der Waals surface area contributed by atoms with Gasteiger partial charge in [-0.25, -0.2) is 0 Å². The first-order valence-electron chi connectivity index (χ1n) is 6.50. The van der Waals surface area contributed by atoms with Crippen LogP contribution in [0.25, 0.3) is 0 Å². The molecule has 110 valence electrons. The van der Waals surface area contributed by atoms with E-state index in [1.807, 2.05) is 32.0 Å². The van der Waals surface area contributed by atoms with Crippen LogP contribution in [0.4, 0.5) is 0 Å². The third-order valence-corrected chi connectivity index (χ3v) is 2.47. The Morgan fingerprint density at radius 1 is 1.25 bits per heavy atom. The van der Waals surface area contributed by atoms with Crippen molar-refractivity contribution in [2.75, 3.05) is 20.7 Å². The lowest BCUT2D eigenvalue weighted by Crippen LogP contribution is -2.27. The number of likely N-dealkylation sites (N-methyl/N-ethyl adjacent to an activating group) is 1. The van der Waals surface area contributed by atoms with Crippen molar-refractivity contribution in [3.8, 4) is 5.75 Å². The molecular weight excluding hydrogens is 258 g/mol. The molecule has 5 heteroatoms. The van der Waals surface area contributed by atoms with E-state index in [0.29, 0.717) is 0 Å². The molecule has 1 aromatic carbocycles. The minimum Gasteiger partial charge on any atom is -0.491 e. The molecule has 0 spiro atoms. The van der Waals surface area contributed by atoms with E-state index in [1.165, 1.54) is 4.90 Å². The number of carbonyl (C=O) groups excluding carboxylic acids is 2. The summed E-state index contributed by atoms with van der Waals surface area (Å²) >= 11 is 0. The molecule has 0 aliphatic carbocycles. The molecule has 0 unspecified atom stereocenters. The molecule has 5 nitrogen and oxygen atoms in total. The summed E-state index contributed by atoms with van der Waals surface area (Å²) in [7, 11) is 3.23. The number of benzene rings is 1. The van der Waals surface area contributed by atoms with Crippen LogP contribution in [0.15, 0.2) is 24.3 Å². The van der Waals surface area contributed by atoms with Gasteiger partial charge in [-0.3, -0.25) is 9.59 Å². The molecule has 0 N–H and O–H groups in total. The molecule has 0 fully saturated rings. The van der Waals surface area contributed by atoms with Crippen LogP contribution in [0.3, 0.4) is 0 Å². The first-order chi connectivity index (χ1) is 9.38. The van der Waals surface area contributed by atoms with Crippen LogP contribution >= 0.6 is 0 Å². The lowest BCUT2D eigenvalue weighted by Gasteiger charge is -2.12. The SMILES string of the molecule is CC(C)Oc1cccc(CC(=O)OCC(=O)N(C)C)c1. The molecule has 0 aliphatic heterocycles. The second-order valence-electron chi connectivity index (χ2n) is 4.94. The largest absolute Gasteiger partial charge is 0.491 e. The topological polar surface area (TPSA) is 55.8 Å². The molecule has 0 aromatic heterocycles. The van der Waals surface area contributed by atoms with E-state index in [1.54, 1.807) is 20.2 Å². The summed E-state index contributed by atoms with van der Waals surface area (Å²) in [4.78, 5) is 24.3. The predicted octanol–water partition coefficient (Wildman–Crippen LogP) is 1.65. The third-order valence-electron chi connectivity index (χ3n) is 2.47. The molecule has 0 radical (unpaired) electrons. The number of ether oxygens (including phenoxy) is 2. The summed E-state index contributed by atoms with van der Waals surface area (Å²) in [6.07, 6.45) is 0.200. The van der Waals surface area contributed by atoms with Crippen molar-refractivity contribution in [3.63, 3.8) is 0 Å². The highest BCUT2D eigenvalue weighted by Crippen LogP contribution is 2.15. The molecule has 0 atom stereocenters. The number of nitrogens with zero attached hydrogens (tertiary/aromatic N) is 1. The Labute approximate surface area is 119 Å². The highest BCUT2D eigenvalue weighted by molar-refractivity contribution is 5.80. The Bertz CT molecular complexity index is 469. The Hall–Kier alpha value is -2.04. The zero-order chi connectivity index (χ0) is 15.1. The number of hydrogen-bond acceptors (Lipinski definition) is 4. The monoisotopic (exact) mass is 279 g/mol. The van der Waals surface area contributed by atoms with E-state index in [-0.39, 0.29) is 25.0 Å². The summed E-state index contributed by atoms with van der Waals surface area (Å²) in [5.41, 5.74) is 0.797. The van der Waals surface area contributed by atoms with Gasteiger partial charge in [0.2, 0.25) is 0 Å². The van der Waals surface area contributed by atoms with Gasteiger partial charge in [0.05, 0.1) is 12.5 Å². The van der Waals surface area contributed by atoms with Gasteiger partial charge < -0.3 is 14.4 Å². The zero-order valence-corrected chi connectivity index (χ0v) is 12.4. The van der Waals surface area contributed by atoms with Gasteiger partial charge in [-0.2, -0.15) is 0 Å². The molecular formula is C15H21NO4. The lowest BCUT2D eigenvalue weighted by atomic mass is 10.1. The fourth-order valence-electron chi connectivity index (χ4n) is 1.49. The number of esters is 1. The highest BCUT2D eigenvalue weighted by atomic mass is 16.5. The fraction of sp³-hybridized carbons (Fsp3) is 0.467. The van der Waals surface area contributed by atoms with Crippen molar-refractivity contribution in [1.82, 2.24) is 4.90 Å². The van der Waals surface area contributed by atoms with Crippen molar-refractivity contribution in [2.24, 2.45) is 0 Å². The summed E-state index contributed by atoms with van der Waals surface area (Å²) in [6.45, 7) is 3.65. The van der Waals surface area contributed by atoms with Gasteiger partial charge in [0, 0.05) is 14.1 Å². The summed E-state index contributed by atoms with van der Waals surface area (Å²) in [5, 5.41) is 0. The molecule has 0 saturated carbocycles. The van der Waals surface area contributed by atoms with E-state index in [9.17, 15) is 9.59 Å².